The Morgan fingerprint density at radius 2 is 1.76 bits per heavy atom. The summed E-state index contributed by atoms with van der Waals surface area (Å²) in [4.78, 5) is 12.3. The Balaban J connectivity index is 1.94. The van der Waals surface area contributed by atoms with Gasteiger partial charge in [0.05, 0.1) is 17.7 Å². The van der Waals surface area contributed by atoms with Gasteiger partial charge >= 0.3 is 0 Å². The maximum Gasteiger partial charge on any atom is 0.240 e. The Kier molecular flexibility index (Phi) is 6.55. The molecule has 1 amide bonds. The summed E-state index contributed by atoms with van der Waals surface area (Å²) in [6.07, 6.45) is 0.805. The zero-order valence-electron chi connectivity index (χ0n) is 14.3. The maximum atomic E-state index is 12.1. The minimum absolute atomic E-state index is 0.131. The molecule has 0 aromatic heterocycles. The number of sulfonamides is 1. The van der Waals surface area contributed by atoms with Crippen LogP contribution in [-0.4, -0.2) is 28.0 Å². The first-order valence-corrected chi connectivity index (χ1v) is 9.46. The fourth-order valence-corrected chi connectivity index (χ4v) is 3.37. The normalized spacial score (nSPS) is 11.1. The number of hydrogen-bond donors (Lipinski definition) is 2. The summed E-state index contributed by atoms with van der Waals surface area (Å²) in [7, 11) is -1.90. The van der Waals surface area contributed by atoms with E-state index in [2.05, 4.69) is 10.0 Å². The minimum Gasteiger partial charge on any atom is -0.495 e. The van der Waals surface area contributed by atoms with E-state index in [1.807, 2.05) is 12.1 Å². The van der Waals surface area contributed by atoms with Gasteiger partial charge in [-0.25, -0.2) is 13.1 Å². The van der Waals surface area contributed by atoms with Gasteiger partial charge in [-0.05, 0) is 36.2 Å². The summed E-state index contributed by atoms with van der Waals surface area (Å²) < 4.78 is 31.4. The second kappa shape index (κ2) is 8.64. The Labute approximate surface area is 148 Å². The van der Waals surface area contributed by atoms with Crippen molar-refractivity contribution >= 4 is 21.6 Å². The van der Waals surface area contributed by atoms with Gasteiger partial charge < -0.3 is 10.1 Å². The molecule has 0 heterocycles. The molecule has 0 bridgehead atoms. The molecule has 6 nitrogen and oxygen atoms in total. The number of methoxy groups -OCH3 is 1. The highest BCUT2D eigenvalue weighted by Crippen LogP contribution is 2.23. The van der Waals surface area contributed by atoms with Crippen LogP contribution < -0.4 is 14.8 Å². The summed E-state index contributed by atoms with van der Waals surface area (Å²) in [5.74, 6) is 0.475. The molecular formula is C18H22N2O4S. The summed E-state index contributed by atoms with van der Waals surface area (Å²) >= 11 is 0. The number of ether oxygens (including phenoxy) is 1. The number of benzene rings is 2. The average molecular weight is 362 g/mol. The highest BCUT2D eigenvalue weighted by molar-refractivity contribution is 7.89. The Bertz CT molecular complexity index is 817. The van der Waals surface area contributed by atoms with Gasteiger partial charge in [0.1, 0.15) is 5.75 Å². The van der Waals surface area contributed by atoms with Crippen LogP contribution in [0.5, 0.6) is 5.75 Å². The summed E-state index contributed by atoms with van der Waals surface area (Å²) in [6.45, 7) is 2.07. The van der Waals surface area contributed by atoms with Gasteiger partial charge in [-0.15, -0.1) is 0 Å². The first-order chi connectivity index (χ1) is 12.0. The van der Waals surface area contributed by atoms with Gasteiger partial charge in [-0.2, -0.15) is 0 Å². The first kappa shape index (κ1) is 19.0. The second-order valence-electron chi connectivity index (χ2n) is 5.39. The van der Waals surface area contributed by atoms with Crippen molar-refractivity contribution in [2.45, 2.75) is 24.7 Å². The molecule has 0 radical (unpaired) electrons. The largest absolute Gasteiger partial charge is 0.495 e. The lowest BCUT2D eigenvalue weighted by Gasteiger charge is -2.10. The fraction of sp³-hybridized carbons (Fsp3) is 0.278. The van der Waals surface area contributed by atoms with Crippen LogP contribution in [0.1, 0.15) is 18.9 Å². The highest BCUT2D eigenvalue weighted by Gasteiger charge is 2.12. The maximum absolute atomic E-state index is 12.1. The third-order valence-electron chi connectivity index (χ3n) is 3.59. The predicted molar refractivity (Wildman–Crippen MR) is 97.2 cm³/mol. The zero-order chi connectivity index (χ0) is 18.3. The SMILES string of the molecule is CCNS(=O)(=O)c1ccc(CCC(=O)Nc2ccccc2OC)cc1. The summed E-state index contributed by atoms with van der Waals surface area (Å²) in [5.41, 5.74) is 1.52. The molecule has 0 saturated carbocycles. The van der Waals surface area contributed by atoms with E-state index in [-0.39, 0.29) is 17.2 Å². The van der Waals surface area contributed by atoms with Crippen molar-refractivity contribution in [1.82, 2.24) is 4.72 Å². The van der Waals surface area contributed by atoms with E-state index < -0.39 is 10.0 Å². The van der Waals surface area contributed by atoms with Crippen molar-refractivity contribution in [3.05, 3.63) is 54.1 Å². The molecule has 7 heteroatoms. The molecule has 0 unspecified atom stereocenters. The number of anilines is 1. The Morgan fingerprint density at radius 3 is 2.40 bits per heavy atom. The van der Waals surface area contributed by atoms with Crippen molar-refractivity contribution < 1.29 is 17.9 Å². The lowest BCUT2D eigenvalue weighted by Crippen LogP contribution is -2.23. The fourth-order valence-electron chi connectivity index (χ4n) is 2.33. The van der Waals surface area contributed by atoms with Crippen molar-refractivity contribution in [2.24, 2.45) is 0 Å². The van der Waals surface area contributed by atoms with Crippen LogP contribution in [0.25, 0.3) is 0 Å². The number of carbonyl (C=O) groups is 1. The third kappa shape index (κ3) is 5.30. The minimum atomic E-state index is -3.45. The van der Waals surface area contributed by atoms with Gasteiger partial charge in [0.2, 0.25) is 15.9 Å². The van der Waals surface area contributed by atoms with Gasteiger partial charge in [0, 0.05) is 13.0 Å². The number of para-hydroxylation sites is 2. The molecule has 0 aliphatic carbocycles. The van der Waals surface area contributed by atoms with Crippen LogP contribution in [-0.2, 0) is 21.2 Å². The number of hydrogen-bond acceptors (Lipinski definition) is 4. The van der Waals surface area contributed by atoms with E-state index in [0.29, 0.717) is 24.4 Å². The molecule has 2 N–H and O–H groups in total. The molecule has 0 fully saturated rings. The molecular weight excluding hydrogens is 340 g/mol. The molecule has 2 rings (SSSR count). The van der Waals surface area contributed by atoms with Crippen molar-refractivity contribution in [3.63, 3.8) is 0 Å². The monoisotopic (exact) mass is 362 g/mol. The van der Waals surface area contributed by atoms with Crippen molar-refractivity contribution in [1.29, 1.82) is 0 Å². The lowest BCUT2D eigenvalue weighted by molar-refractivity contribution is -0.116. The molecule has 2 aromatic carbocycles. The molecule has 0 aliphatic rings. The van der Waals surface area contributed by atoms with Crippen LogP contribution in [0.2, 0.25) is 0 Å². The lowest BCUT2D eigenvalue weighted by atomic mass is 10.1. The van der Waals surface area contributed by atoms with E-state index >= 15 is 0 Å². The third-order valence-corrected chi connectivity index (χ3v) is 5.15. The summed E-state index contributed by atoms with van der Waals surface area (Å²) in [5, 5.41) is 2.81. The van der Waals surface area contributed by atoms with Gasteiger partial charge in [-0.3, -0.25) is 4.79 Å². The highest BCUT2D eigenvalue weighted by atomic mass is 32.2. The zero-order valence-corrected chi connectivity index (χ0v) is 15.1. The van der Waals surface area contributed by atoms with Crippen LogP contribution in [0.15, 0.2) is 53.4 Å². The van der Waals surface area contributed by atoms with Gasteiger partial charge in [0.25, 0.3) is 0 Å². The van der Waals surface area contributed by atoms with E-state index in [1.165, 1.54) is 0 Å². The van der Waals surface area contributed by atoms with Gasteiger partial charge in [-0.1, -0.05) is 31.2 Å². The van der Waals surface area contributed by atoms with E-state index in [9.17, 15) is 13.2 Å². The predicted octanol–water partition coefficient (Wildman–Crippen LogP) is 2.56. The van der Waals surface area contributed by atoms with E-state index in [0.717, 1.165) is 5.56 Å². The molecule has 0 spiro atoms. The number of rotatable bonds is 8. The average Bonchev–Trinajstić information content (AvgIpc) is 2.61. The quantitative estimate of drug-likeness (QED) is 0.756. The Hall–Kier alpha value is -2.38. The van der Waals surface area contributed by atoms with Crippen molar-refractivity contribution in [2.75, 3.05) is 19.0 Å². The molecule has 0 atom stereocenters. The molecule has 134 valence electrons. The smallest absolute Gasteiger partial charge is 0.240 e. The molecule has 2 aromatic rings. The Morgan fingerprint density at radius 1 is 1.08 bits per heavy atom. The van der Waals surface area contributed by atoms with Crippen LogP contribution in [0.4, 0.5) is 5.69 Å². The summed E-state index contributed by atoms with van der Waals surface area (Å²) in [6, 6.07) is 13.7. The number of carbonyl (C=O) groups excluding carboxylic acids is 1. The van der Waals surface area contributed by atoms with E-state index in [1.54, 1.807) is 50.4 Å². The van der Waals surface area contributed by atoms with Crippen LogP contribution in [0, 0.1) is 0 Å². The van der Waals surface area contributed by atoms with Crippen molar-refractivity contribution in [3.8, 4) is 5.75 Å². The standard InChI is InChI=1S/C18H22N2O4S/c1-3-19-25(22,23)15-11-8-14(9-12-15)10-13-18(21)20-16-6-4-5-7-17(16)24-2/h4-9,11-12,19H,3,10,13H2,1-2H3,(H,20,21). The number of amides is 1. The first-order valence-electron chi connectivity index (χ1n) is 7.97. The molecule has 0 aliphatic heterocycles. The number of nitrogens with one attached hydrogen (secondary N) is 2. The number of aryl methyl sites for hydroxylation is 1. The molecule has 25 heavy (non-hydrogen) atoms. The topological polar surface area (TPSA) is 84.5 Å². The van der Waals surface area contributed by atoms with Crippen LogP contribution >= 0.6 is 0 Å². The van der Waals surface area contributed by atoms with E-state index in [4.69, 9.17) is 4.74 Å². The molecule has 0 saturated heterocycles. The van der Waals surface area contributed by atoms with Gasteiger partial charge in [0.15, 0.2) is 0 Å². The second-order valence-corrected chi connectivity index (χ2v) is 7.16. The van der Waals surface area contributed by atoms with Crippen LogP contribution in [0.3, 0.4) is 0 Å².